The van der Waals surface area contributed by atoms with Crippen molar-refractivity contribution in [3.8, 4) is 11.3 Å². The molecule has 8 heteroatoms. The topological polar surface area (TPSA) is 108 Å². The number of aromatic amines is 1. The van der Waals surface area contributed by atoms with Gasteiger partial charge in [0.2, 0.25) is 5.91 Å². The van der Waals surface area contributed by atoms with Crippen LogP contribution in [0.2, 0.25) is 0 Å². The molecule has 0 bridgehead atoms. The van der Waals surface area contributed by atoms with Gasteiger partial charge in [-0.15, -0.1) is 0 Å². The number of hydrogen-bond acceptors (Lipinski definition) is 5. The third-order valence-electron chi connectivity index (χ3n) is 5.46. The fraction of sp³-hybridized carbons (Fsp3) is 0.261. The third-order valence-corrected chi connectivity index (χ3v) is 5.46. The molecule has 158 valence electrons. The van der Waals surface area contributed by atoms with Gasteiger partial charge in [0.1, 0.15) is 5.69 Å². The maximum atomic E-state index is 12.8. The summed E-state index contributed by atoms with van der Waals surface area (Å²) in [4.78, 5) is 42.8. The van der Waals surface area contributed by atoms with Crippen molar-refractivity contribution >= 4 is 23.3 Å². The normalized spacial score (nSPS) is 14.3. The van der Waals surface area contributed by atoms with Gasteiger partial charge in [0, 0.05) is 48.2 Å². The SMILES string of the molecule is CC(=O)c1cccc(NC(=O)C2CCN(C(=O)c3cc(-c4cccnc4)n[nH]3)CC2)c1. The maximum Gasteiger partial charge on any atom is 0.271 e. The van der Waals surface area contributed by atoms with Crippen LogP contribution >= 0.6 is 0 Å². The highest BCUT2D eigenvalue weighted by molar-refractivity contribution is 5.98. The first-order chi connectivity index (χ1) is 15.0. The Balaban J connectivity index is 1.34. The van der Waals surface area contributed by atoms with E-state index in [9.17, 15) is 14.4 Å². The first-order valence-corrected chi connectivity index (χ1v) is 10.2. The number of anilines is 1. The van der Waals surface area contributed by atoms with Gasteiger partial charge in [0.15, 0.2) is 5.78 Å². The van der Waals surface area contributed by atoms with Crippen molar-refractivity contribution < 1.29 is 14.4 Å². The molecular formula is C23H23N5O3. The molecule has 0 aliphatic carbocycles. The van der Waals surface area contributed by atoms with Crippen LogP contribution in [0, 0.1) is 5.92 Å². The van der Waals surface area contributed by atoms with E-state index < -0.39 is 0 Å². The molecule has 0 saturated carbocycles. The van der Waals surface area contributed by atoms with E-state index in [2.05, 4.69) is 20.5 Å². The molecule has 1 fully saturated rings. The van der Waals surface area contributed by atoms with Crippen molar-refractivity contribution in [1.29, 1.82) is 0 Å². The van der Waals surface area contributed by atoms with Gasteiger partial charge in [-0.25, -0.2) is 0 Å². The van der Waals surface area contributed by atoms with Crippen LogP contribution in [0.5, 0.6) is 0 Å². The molecule has 2 aromatic heterocycles. The molecule has 3 heterocycles. The predicted molar refractivity (Wildman–Crippen MR) is 116 cm³/mol. The number of aromatic nitrogens is 3. The number of piperidine rings is 1. The van der Waals surface area contributed by atoms with Crippen molar-refractivity contribution in [1.82, 2.24) is 20.1 Å². The number of ketones is 1. The number of hydrogen-bond donors (Lipinski definition) is 2. The zero-order valence-corrected chi connectivity index (χ0v) is 17.2. The second-order valence-electron chi connectivity index (χ2n) is 7.60. The zero-order chi connectivity index (χ0) is 21.8. The molecule has 2 N–H and O–H groups in total. The smallest absolute Gasteiger partial charge is 0.271 e. The second-order valence-corrected chi connectivity index (χ2v) is 7.60. The van der Waals surface area contributed by atoms with Crippen molar-refractivity contribution in [2.24, 2.45) is 5.92 Å². The van der Waals surface area contributed by atoms with E-state index in [-0.39, 0.29) is 23.5 Å². The van der Waals surface area contributed by atoms with Crippen LogP contribution in [0.4, 0.5) is 5.69 Å². The molecule has 4 rings (SSSR count). The minimum atomic E-state index is -0.183. The summed E-state index contributed by atoms with van der Waals surface area (Å²) in [5.74, 6) is -0.449. The van der Waals surface area contributed by atoms with Crippen molar-refractivity contribution in [2.45, 2.75) is 19.8 Å². The minimum absolute atomic E-state index is 0.0478. The lowest BCUT2D eigenvalue weighted by molar-refractivity contribution is -0.121. The number of nitrogens with one attached hydrogen (secondary N) is 2. The molecule has 31 heavy (non-hydrogen) atoms. The van der Waals surface area contributed by atoms with E-state index >= 15 is 0 Å². The lowest BCUT2D eigenvalue weighted by Gasteiger charge is -2.31. The summed E-state index contributed by atoms with van der Waals surface area (Å²) in [7, 11) is 0. The van der Waals surface area contributed by atoms with Gasteiger partial charge in [0.05, 0.1) is 5.69 Å². The summed E-state index contributed by atoms with van der Waals surface area (Å²) in [6, 6.07) is 12.3. The number of H-pyrrole nitrogens is 1. The van der Waals surface area contributed by atoms with E-state index in [1.54, 1.807) is 47.6 Å². The fourth-order valence-corrected chi connectivity index (χ4v) is 3.67. The summed E-state index contributed by atoms with van der Waals surface area (Å²) in [5.41, 5.74) is 3.09. The van der Waals surface area contributed by atoms with Gasteiger partial charge < -0.3 is 10.2 Å². The maximum absolute atomic E-state index is 12.8. The molecule has 1 aromatic carbocycles. The van der Waals surface area contributed by atoms with Crippen LogP contribution in [-0.2, 0) is 4.79 Å². The number of Topliss-reactive ketones (excluding diaryl/α,β-unsaturated/α-hetero) is 1. The van der Waals surface area contributed by atoms with E-state index in [1.807, 2.05) is 12.1 Å². The predicted octanol–water partition coefficient (Wildman–Crippen LogP) is 3.17. The van der Waals surface area contributed by atoms with E-state index in [0.717, 1.165) is 5.56 Å². The number of amides is 2. The summed E-state index contributed by atoms with van der Waals surface area (Å²) < 4.78 is 0. The van der Waals surface area contributed by atoms with Crippen molar-refractivity contribution in [3.05, 3.63) is 66.1 Å². The number of likely N-dealkylation sites (tertiary alicyclic amines) is 1. The second kappa shape index (κ2) is 8.91. The number of rotatable bonds is 5. The third kappa shape index (κ3) is 4.69. The van der Waals surface area contributed by atoms with Gasteiger partial charge >= 0.3 is 0 Å². The quantitative estimate of drug-likeness (QED) is 0.620. The van der Waals surface area contributed by atoms with Gasteiger partial charge in [-0.3, -0.25) is 24.5 Å². The van der Waals surface area contributed by atoms with Gasteiger partial charge in [-0.1, -0.05) is 12.1 Å². The monoisotopic (exact) mass is 417 g/mol. The van der Waals surface area contributed by atoms with Crippen LogP contribution in [0.15, 0.2) is 54.9 Å². The number of carbonyl (C=O) groups excluding carboxylic acids is 3. The first-order valence-electron chi connectivity index (χ1n) is 10.2. The Labute approximate surface area is 179 Å². The zero-order valence-electron chi connectivity index (χ0n) is 17.2. The minimum Gasteiger partial charge on any atom is -0.337 e. The van der Waals surface area contributed by atoms with Crippen molar-refractivity contribution in [3.63, 3.8) is 0 Å². The van der Waals surface area contributed by atoms with E-state index in [4.69, 9.17) is 0 Å². The Morgan fingerprint density at radius 1 is 1.10 bits per heavy atom. The standard InChI is InChI=1S/C23H23N5O3/c1-15(29)17-4-2-6-19(12-17)25-22(30)16-7-10-28(11-8-16)23(31)21-13-20(26-27-21)18-5-3-9-24-14-18/h2-6,9,12-14,16H,7-8,10-11H2,1H3,(H,25,30)(H,26,27). The van der Waals surface area contributed by atoms with Gasteiger partial charge in [-0.2, -0.15) is 5.10 Å². The van der Waals surface area contributed by atoms with Crippen molar-refractivity contribution in [2.75, 3.05) is 18.4 Å². The van der Waals surface area contributed by atoms with Gasteiger partial charge in [-0.05, 0) is 50.1 Å². The highest BCUT2D eigenvalue weighted by atomic mass is 16.2. The molecule has 2 amide bonds. The molecule has 3 aromatic rings. The number of nitrogens with zero attached hydrogens (tertiary/aromatic N) is 3. The average Bonchev–Trinajstić information content (AvgIpc) is 3.30. The van der Waals surface area contributed by atoms with E-state index in [1.165, 1.54) is 6.92 Å². The first kappa shape index (κ1) is 20.5. The Hall–Kier alpha value is -3.81. The van der Waals surface area contributed by atoms with Crippen LogP contribution in [0.25, 0.3) is 11.3 Å². The Kier molecular flexibility index (Phi) is 5.88. The summed E-state index contributed by atoms with van der Waals surface area (Å²) in [5, 5.41) is 9.91. The lowest BCUT2D eigenvalue weighted by Crippen LogP contribution is -2.41. The number of benzene rings is 1. The average molecular weight is 417 g/mol. The van der Waals surface area contributed by atoms with Crippen LogP contribution < -0.4 is 5.32 Å². The van der Waals surface area contributed by atoms with Crippen LogP contribution in [-0.4, -0.2) is 50.8 Å². The molecule has 0 radical (unpaired) electrons. The fourth-order valence-electron chi connectivity index (χ4n) is 3.67. The highest BCUT2D eigenvalue weighted by Crippen LogP contribution is 2.22. The number of carbonyl (C=O) groups is 3. The molecule has 1 aliphatic rings. The highest BCUT2D eigenvalue weighted by Gasteiger charge is 2.28. The molecule has 1 aliphatic heterocycles. The molecular weight excluding hydrogens is 394 g/mol. The Bertz CT molecular complexity index is 1100. The lowest BCUT2D eigenvalue weighted by atomic mass is 9.95. The van der Waals surface area contributed by atoms with Gasteiger partial charge in [0.25, 0.3) is 5.91 Å². The van der Waals surface area contributed by atoms with E-state index in [0.29, 0.717) is 48.6 Å². The largest absolute Gasteiger partial charge is 0.337 e. The molecule has 8 nitrogen and oxygen atoms in total. The molecule has 0 unspecified atom stereocenters. The summed E-state index contributed by atoms with van der Waals surface area (Å²) in [6.45, 7) is 2.48. The van der Waals surface area contributed by atoms with Crippen LogP contribution in [0.3, 0.4) is 0 Å². The number of pyridine rings is 1. The molecule has 1 saturated heterocycles. The Morgan fingerprint density at radius 2 is 1.90 bits per heavy atom. The molecule has 0 atom stereocenters. The Morgan fingerprint density at radius 3 is 2.61 bits per heavy atom. The van der Waals surface area contributed by atoms with Crippen LogP contribution in [0.1, 0.15) is 40.6 Å². The summed E-state index contributed by atoms with van der Waals surface area (Å²) >= 11 is 0. The molecule has 0 spiro atoms. The summed E-state index contributed by atoms with van der Waals surface area (Å²) in [6.07, 6.45) is 4.53.